The van der Waals surface area contributed by atoms with Gasteiger partial charge in [0.25, 0.3) is 0 Å². The maximum atomic E-state index is 11.6. The van der Waals surface area contributed by atoms with Gasteiger partial charge in [0.05, 0.1) is 6.54 Å². The molecule has 1 fully saturated rings. The Morgan fingerprint density at radius 2 is 1.50 bits per heavy atom. The summed E-state index contributed by atoms with van der Waals surface area (Å²) in [6.07, 6.45) is 0.637. The molecule has 4 nitrogen and oxygen atoms in total. The van der Waals surface area contributed by atoms with E-state index in [9.17, 15) is 9.59 Å². The van der Waals surface area contributed by atoms with Crippen LogP contribution in [0.15, 0.2) is 54.6 Å². The summed E-state index contributed by atoms with van der Waals surface area (Å²) in [6.45, 7) is 0.309. The molecule has 1 aliphatic rings. The minimum atomic E-state index is -0.102. The Morgan fingerprint density at radius 1 is 0.864 bits per heavy atom. The summed E-state index contributed by atoms with van der Waals surface area (Å²) < 4.78 is 5.75. The fourth-order valence-electron chi connectivity index (χ4n) is 2.31. The van der Waals surface area contributed by atoms with Crippen molar-refractivity contribution in [1.29, 1.82) is 0 Å². The van der Waals surface area contributed by atoms with Crippen molar-refractivity contribution < 1.29 is 14.3 Å². The van der Waals surface area contributed by atoms with E-state index in [1.165, 1.54) is 4.90 Å². The number of ether oxygens (including phenoxy) is 1. The minimum Gasteiger partial charge on any atom is -0.457 e. The van der Waals surface area contributed by atoms with E-state index in [0.29, 0.717) is 25.1 Å². The molecule has 2 aromatic carbocycles. The number of hydrogen-bond acceptors (Lipinski definition) is 3. The Morgan fingerprint density at radius 3 is 2.18 bits per heavy atom. The summed E-state index contributed by atoms with van der Waals surface area (Å²) in [7, 11) is 0. The minimum absolute atomic E-state index is 0. The van der Waals surface area contributed by atoms with Crippen LogP contribution in [0.5, 0.6) is 11.5 Å². The highest BCUT2D eigenvalue weighted by atomic mass is 16.5. The lowest BCUT2D eigenvalue weighted by Crippen LogP contribution is -2.28. The summed E-state index contributed by atoms with van der Waals surface area (Å²) in [6, 6.07) is 16.9. The molecule has 0 spiro atoms. The van der Waals surface area contributed by atoms with Gasteiger partial charge in [0.1, 0.15) is 11.5 Å². The second-order valence-corrected chi connectivity index (χ2v) is 4.94. The van der Waals surface area contributed by atoms with E-state index in [0.717, 1.165) is 11.3 Å². The molecular formula is C18H19NO3. The van der Waals surface area contributed by atoms with Crippen molar-refractivity contribution >= 4 is 11.8 Å². The van der Waals surface area contributed by atoms with Gasteiger partial charge in [-0.05, 0) is 29.8 Å². The largest absolute Gasteiger partial charge is 0.457 e. The number of benzene rings is 2. The Hall–Kier alpha value is -2.62. The molecule has 1 aliphatic heterocycles. The smallest absolute Gasteiger partial charge is 0.229 e. The van der Waals surface area contributed by atoms with Gasteiger partial charge in [-0.25, -0.2) is 0 Å². The molecule has 114 valence electrons. The number of amides is 2. The zero-order valence-corrected chi connectivity index (χ0v) is 11.5. The standard InChI is InChI=1S/C17H15NO3.CH4/c19-16-9-10-17(20)18(16)12-13-5-4-8-15(11-13)21-14-6-2-1-3-7-14;/h1-8,11H,9-10,12H2;1H4. The van der Waals surface area contributed by atoms with E-state index in [1.54, 1.807) is 0 Å². The van der Waals surface area contributed by atoms with Crippen LogP contribution in [0.1, 0.15) is 25.8 Å². The van der Waals surface area contributed by atoms with E-state index in [4.69, 9.17) is 4.74 Å². The van der Waals surface area contributed by atoms with Crippen LogP contribution in [0.3, 0.4) is 0 Å². The number of nitrogens with zero attached hydrogens (tertiary/aromatic N) is 1. The van der Waals surface area contributed by atoms with Crippen molar-refractivity contribution in [2.75, 3.05) is 0 Å². The summed E-state index contributed by atoms with van der Waals surface area (Å²) in [5, 5.41) is 0. The SMILES string of the molecule is C.O=C1CCC(=O)N1Cc1cccc(Oc2ccccc2)c1. The molecule has 0 aliphatic carbocycles. The number of hydrogen-bond donors (Lipinski definition) is 0. The Bertz CT molecular complexity index is 651. The molecule has 2 amide bonds. The van der Waals surface area contributed by atoms with Crippen LogP contribution in [0.25, 0.3) is 0 Å². The molecular weight excluding hydrogens is 278 g/mol. The second-order valence-electron chi connectivity index (χ2n) is 4.94. The predicted octanol–water partition coefficient (Wildman–Crippen LogP) is 3.76. The molecule has 1 heterocycles. The second kappa shape index (κ2) is 6.89. The Balaban J connectivity index is 0.00000176. The maximum absolute atomic E-state index is 11.6. The van der Waals surface area contributed by atoms with E-state index in [2.05, 4.69) is 0 Å². The average Bonchev–Trinajstić information content (AvgIpc) is 2.81. The lowest BCUT2D eigenvalue weighted by molar-refractivity contribution is -0.139. The van der Waals surface area contributed by atoms with E-state index in [1.807, 2.05) is 54.6 Å². The van der Waals surface area contributed by atoms with Crippen LogP contribution in [0, 0.1) is 0 Å². The molecule has 3 rings (SSSR count). The van der Waals surface area contributed by atoms with Gasteiger partial charge in [-0.15, -0.1) is 0 Å². The van der Waals surface area contributed by atoms with Crippen LogP contribution >= 0.6 is 0 Å². The number of rotatable bonds is 4. The van der Waals surface area contributed by atoms with Gasteiger partial charge < -0.3 is 4.74 Å². The van der Waals surface area contributed by atoms with Crippen molar-refractivity contribution in [1.82, 2.24) is 4.90 Å². The highest BCUT2D eigenvalue weighted by molar-refractivity contribution is 6.01. The summed E-state index contributed by atoms with van der Waals surface area (Å²) in [5.74, 6) is 1.24. The quantitative estimate of drug-likeness (QED) is 0.807. The van der Waals surface area contributed by atoms with Crippen LogP contribution in [0.2, 0.25) is 0 Å². The van der Waals surface area contributed by atoms with Gasteiger partial charge in [-0.2, -0.15) is 0 Å². The summed E-state index contributed by atoms with van der Waals surface area (Å²) in [5.41, 5.74) is 0.882. The van der Waals surface area contributed by atoms with Crippen LogP contribution < -0.4 is 4.74 Å². The predicted molar refractivity (Wildman–Crippen MR) is 84.5 cm³/mol. The zero-order valence-electron chi connectivity index (χ0n) is 11.5. The van der Waals surface area contributed by atoms with Crippen molar-refractivity contribution in [2.45, 2.75) is 26.8 Å². The topological polar surface area (TPSA) is 46.6 Å². The maximum Gasteiger partial charge on any atom is 0.229 e. The molecule has 2 aromatic rings. The highest BCUT2D eigenvalue weighted by Crippen LogP contribution is 2.23. The van der Waals surface area contributed by atoms with Gasteiger partial charge >= 0.3 is 0 Å². The zero-order chi connectivity index (χ0) is 14.7. The van der Waals surface area contributed by atoms with Gasteiger partial charge in [-0.3, -0.25) is 14.5 Å². The van der Waals surface area contributed by atoms with Crippen LogP contribution in [0.4, 0.5) is 0 Å². The van der Waals surface area contributed by atoms with Gasteiger partial charge in [0.15, 0.2) is 0 Å². The molecule has 0 aromatic heterocycles. The number of para-hydroxylation sites is 1. The molecule has 0 unspecified atom stereocenters. The summed E-state index contributed by atoms with van der Waals surface area (Å²) in [4.78, 5) is 24.6. The molecule has 1 saturated heterocycles. The van der Waals surface area contributed by atoms with Gasteiger partial charge in [0, 0.05) is 12.8 Å². The monoisotopic (exact) mass is 297 g/mol. The first-order valence-corrected chi connectivity index (χ1v) is 6.87. The number of carbonyl (C=O) groups is 2. The van der Waals surface area contributed by atoms with Crippen molar-refractivity contribution in [3.63, 3.8) is 0 Å². The normalized spacial score (nSPS) is 13.9. The third-order valence-electron chi connectivity index (χ3n) is 3.37. The fourth-order valence-corrected chi connectivity index (χ4v) is 2.31. The Labute approximate surface area is 130 Å². The number of carbonyl (C=O) groups excluding carboxylic acids is 2. The average molecular weight is 297 g/mol. The molecule has 4 heteroatoms. The molecule has 0 atom stereocenters. The Kier molecular flexibility index (Phi) is 4.94. The fraction of sp³-hybridized carbons (Fsp3) is 0.222. The molecule has 0 saturated carbocycles. The number of imide groups is 1. The third-order valence-corrected chi connectivity index (χ3v) is 3.37. The molecule has 0 N–H and O–H groups in total. The van der Waals surface area contributed by atoms with Gasteiger partial charge in [0.2, 0.25) is 11.8 Å². The van der Waals surface area contributed by atoms with Crippen molar-refractivity contribution in [3.8, 4) is 11.5 Å². The van der Waals surface area contributed by atoms with E-state index in [-0.39, 0.29) is 19.2 Å². The highest BCUT2D eigenvalue weighted by Gasteiger charge is 2.28. The first-order chi connectivity index (χ1) is 10.2. The van der Waals surface area contributed by atoms with E-state index >= 15 is 0 Å². The molecule has 0 radical (unpaired) electrons. The van der Waals surface area contributed by atoms with E-state index < -0.39 is 0 Å². The van der Waals surface area contributed by atoms with Crippen molar-refractivity contribution in [3.05, 3.63) is 60.2 Å². The molecule has 0 bridgehead atoms. The van der Waals surface area contributed by atoms with Crippen LogP contribution in [-0.4, -0.2) is 16.7 Å². The lowest BCUT2D eigenvalue weighted by Gasteiger charge is -2.14. The summed E-state index contributed by atoms with van der Waals surface area (Å²) >= 11 is 0. The first-order valence-electron chi connectivity index (χ1n) is 6.87. The van der Waals surface area contributed by atoms with Crippen LogP contribution in [-0.2, 0) is 16.1 Å². The number of likely N-dealkylation sites (tertiary alicyclic amines) is 1. The van der Waals surface area contributed by atoms with Gasteiger partial charge in [-0.1, -0.05) is 37.8 Å². The van der Waals surface area contributed by atoms with Crippen molar-refractivity contribution in [2.24, 2.45) is 0 Å². The first kappa shape index (κ1) is 15.8. The lowest BCUT2D eigenvalue weighted by atomic mass is 10.2. The molecule has 22 heavy (non-hydrogen) atoms. The third kappa shape index (κ3) is 3.52.